The van der Waals surface area contributed by atoms with E-state index in [-0.39, 0.29) is 0 Å². The zero-order chi connectivity index (χ0) is 14.2. The number of aliphatic hydroxyl groups excluding tert-OH is 1. The molecule has 0 saturated carbocycles. The molecule has 4 nitrogen and oxygen atoms in total. The van der Waals surface area contributed by atoms with Crippen LogP contribution >= 0.6 is 0 Å². The van der Waals surface area contributed by atoms with Gasteiger partial charge in [0.05, 0.1) is 5.52 Å². The molecular weight excluding hydrogens is 264 g/mol. The molecule has 21 heavy (non-hydrogen) atoms. The van der Waals surface area contributed by atoms with E-state index in [1.54, 1.807) is 30.7 Å². The standard InChI is InChI=1S/C17H12N2O2/c20-16(11-5-7-18-8-6-11)15-9-12-10-19-14-4-2-1-3-13(14)17(12)21-15/h1-10,16,20H. The number of benzene rings is 1. The molecule has 0 aliphatic heterocycles. The largest absolute Gasteiger partial charge is 0.457 e. The highest BCUT2D eigenvalue weighted by molar-refractivity contribution is 6.01. The molecule has 0 radical (unpaired) electrons. The third kappa shape index (κ3) is 1.97. The molecule has 4 aromatic rings. The van der Waals surface area contributed by atoms with Crippen LogP contribution in [0.3, 0.4) is 0 Å². The maximum absolute atomic E-state index is 10.4. The van der Waals surface area contributed by atoms with E-state index in [9.17, 15) is 5.11 Å². The van der Waals surface area contributed by atoms with Gasteiger partial charge in [-0.3, -0.25) is 9.97 Å². The molecule has 0 amide bonds. The van der Waals surface area contributed by atoms with Gasteiger partial charge in [-0.05, 0) is 35.9 Å². The molecule has 0 saturated heterocycles. The van der Waals surface area contributed by atoms with Gasteiger partial charge in [0, 0.05) is 29.4 Å². The average molecular weight is 276 g/mol. The monoisotopic (exact) mass is 276 g/mol. The zero-order valence-electron chi connectivity index (χ0n) is 11.1. The van der Waals surface area contributed by atoms with Crippen molar-refractivity contribution in [2.75, 3.05) is 0 Å². The Kier molecular flexibility index (Phi) is 2.69. The van der Waals surface area contributed by atoms with Crippen LogP contribution in [0.4, 0.5) is 0 Å². The van der Waals surface area contributed by atoms with Crippen molar-refractivity contribution in [2.24, 2.45) is 0 Å². The van der Waals surface area contributed by atoms with Crippen LogP contribution in [-0.4, -0.2) is 15.1 Å². The molecule has 4 rings (SSSR count). The number of aliphatic hydroxyl groups is 1. The molecule has 0 spiro atoms. The number of fused-ring (bicyclic) bond motifs is 3. The van der Waals surface area contributed by atoms with Gasteiger partial charge >= 0.3 is 0 Å². The van der Waals surface area contributed by atoms with E-state index in [1.165, 1.54) is 0 Å². The third-order valence-corrected chi connectivity index (χ3v) is 3.56. The predicted octanol–water partition coefficient (Wildman–Crippen LogP) is 3.46. The van der Waals surface area contributed by atoms with Gasteiger partial charge in [0.1, 0.15) is 17.4 Å². The summed E-state index contributed by atoms with van der Waals surface area (Å²) >= 11 is 0. The number of rotatable bonds is 2. The van der Waals surface area contributed by atoms with Gasteiger partial charge in [-0.2, -0.15) is 0 Å². The number of aromatic nitrogens is 2. The summed E-state index contributed by atoms with van der Waals surface area (Å²) in [5.41, 5.74) is 2.38. The Hall–Kier alpha value is -2.72. The molecule has 1 atom stereocenters. The molecule has 1 unspecified atom stereocenters. The summed E-state index contributed by atoms with van der Waals surface area (Å²) in [4.78, 5) is 8.36. The van der Waals surface area contributed by atoms with E-state index in [4.69, 9.17) is 4.42 Å². The van der Waals surface area contributed by atoms with Crippen molar-refractivity contribution < 1.29 is 9.52 Å². The Balaban J connectivity index is 1.89. The normalized spacial score (nSPS) is 12.8. The van der Waals surface area contributed by atoms with Crippen molar-refractivity contribution in [2.45, 2.75) is 6.10 Å². The molecule has 0 fully saturated rings. The number of hydrogen-bond donors (Lipinski definition) is 1. The summed E-state index contributed by atoms with van der Waals surface area (Å²) in [6, 6.07) is 13.2. The quantitative estimate of drug-likeness (QED) is 0.609. The molecule has 1 N–H and O–H groups in total. The third-order valence-electron chi connectivity index (χ3n) is 3.56. The van der Waals surface area contributed by atoms with Gasteiger partial charge in [-0.15, -0.1) is 0 Å². The number of pyridine rings is 2. The molecule has 0 bridgehead atoms. The van der Waals surface area contributed by atoms with E-state index < -0.39 is 6.10 Å². The first-order chi connectivity index (χ1) is 10.3. The van der Waals surface area contributed by atoms with E-state index in [1.807, 2.05) is 30.3 Å². The Labute approximate surface area is 120 Å². The van der Waals surface area contributed by atoms with Crippen LogP contribution in [0.15, 0.2) is 65.5 Å². The van der Waals surface area contributed by atoms with E-state index in [0.717, 1.165) is 27.4 Å². The molecule has 0 aliphatic rings. The number of hydrogen-bond acceptors (Lipinski definition) is 4. The molecule has 102 valence electrons. The number of nitrogens with zero attached hydrogens (tertiary/aromatic N) is 2. The minimum absolute atomic E-state index is 0.509. The lowest BCUT2D eigenvalue weighted by molar-refractivity contribution is 0.192. The Bertz CT molecular complexity index is 916. The minimum atomic E-state index is -0.806. The summed E-state index contributed by atoms with van der Waals surface area (Å²) in [6.45, 7) is 0. The molecule has 3 aromatic heterocycles. The van der Waals surface area contributed by atoms with Crippen LogP contribution in [0.25, 0.3) is 21.9 Å². The van der Waals surface area contributed by atoms with Crippen molar-refractivity contribution in [3.63, 3.8) is 0 Å². The van der Waals surface area contributed by atoms with Crippen LogP contribution in [0.2, 0.25) is 0 Å². The highest BCUT2D eigenvalue weighted by Crippen LogP contribution is 2.31. The van der Waals surface area contributed by atoms with Crippen LogP contribution in [0.1, 0.15) is 17.4 Å². The SMILES string of the molecule is OC(c1ccncc1)c1cc2cnc3ccccc3c2o1. The van der Waals surface area contributed by atoms with Gasteiger partial charge in [-0.1, -0.05) is 12.1 Å². The minimum Gasteiger partial charge on any atom is -0.457 e. The summed E-state index contributed by atoms with van der Waals surface area (Å²) in [7, 11) is 0. The predicted molar refractivity (Wildman–Crippen MR) is 79.8 cm³/mol. The maximum Gasteiger partial charge on any atom is 0.145 e. The van der Waals surface area contributed by atoms with Crippen molar-refractivity contribution in [1.82, 2.24) is 9.97 Å². The van der Waals surface area contributed by atoms with E-state index in [2.05, 4.69) is 9.97 Å². The van der Waals surface area contributed by atoms with Crippen molar-refractivity contribution in [3.8, 4) is 0 Å². The molecule has 0 aliphatic carbocycles. The van der Waals surface area contributed by atoms with Crippen LogP contribution in [0.5, 0.6) is 0 Å². The topological polar surface area (TPSA) is 59.2 Å². The lowest BCUT2D eigenvalue weighted by Crippen LogP contribution is -1.97. The fourth-order valence-corrected chi connectivity index (χ4v) is 2.49. The zero-order valence-corrected chi connectivity index (χ0v) is 11.1. The Morgan fingerprint density at radius 1 is 1.05 bits per heavy atom. The molecular formula is C17H12N2O2. The fraction of sp³-hybridized carbons (Fsp3) is 0.0588. The average Bonchev–Trinajstić information content (AvgIpc) is 2.99. The number of para-hydroxylation sites is 1. The lowest BCUT2D eigenvalue weighted by Gasteiger charge is -2.06. The summed E-state index contributed by atoms with van der Waals surface area (Å²) in [5, 5.41) is 12.3. The summed E-state index contributed by atoms with van der Waals surface area (Å²) < 4.78 is 5.89. The second-order valence-electron chi connectivity index (χ2n) is 4.89. The molecule has 4 heteroatoms. The van der Waals surface area contributed by atoms with Crippen molar-refractivity contribution in [3.05, 3.63) is 72.4 Å². The first kappa shape index (κ1) is 12.1. The maximum atomic E-state index is 10.4. The lowest BCUT2D eigenvalue weighted by atomic mass is 10.1. The molecule has 3 heterocycles. The highest BCUT2D eigenvalue weighted by atomic mass is 16.4. The summed E-state index contributed by atoms with van der Waals surface area (Å²) in [5.74, 6) is 0.509. The molecule has 1 aromatic carbocycles. The van der Waals surface area contributed by atoms with Crippen LogP contribution in [-0.2, 0) is 0 Å². The Morgan fingerprint density at radius 3 is 2.71 bits per heavy atom. The highest BCUT2D eigenvalue weighted by Gasteiger charge is 2.16. The van der Waals surface area contributed by atoms with Gasteiger partial charge in [0.15, 0.2) is 0 Å². The summed E-state index contributed by atoms with van der Waals surface area (Å²) in [6.07, 6.45) is 4.26. The van der Waals surface area contributed by atoms with Gasteiger partial charge in [-0.25, -0.2) is 0 Å². The fourth-order valence-electron chi connectivity index (χ4n) is 2.49. The van der Waals surface area contributed by atoms with Crippen molar-refractivity contribution in [1.29, 1.82) is 0 Å². The smallest absolute Gasteiger partial charge is 0.145 e. The second kappa shape index (κ2) is 4.68. The van der Waals surface area contributed by atoms with Crippen LogP contribution in [0, 0.1) is 0 Å². The number of furan rings is 1. The second-order valence-corrected chi connectivity index (χ2v) is 4.89. The van der Waals surface area contributed by atoms with Gasteiger partial charge in [0.2, 0.25) is 0 Å². The van der Waals surface area contributed by atoms with Crippen LogP contribution < -0.4 is 0 Å². The van der Waals surface area contributed by atoms with Crippen molar-refractivity contribution >= 4 is 21.9 Å². The first-order valence-corrected chi connectivity index (χ1v) is 6.68. The Morgan fingerprint density at radius 2 is 1.86 bits per heavy atom. The van der Waals surface area contributed by atoms with E-state index >= 15 is 0 Å². The van der Waals surface area contributed by atoms with Gasteiger partial charge in [0.25, 0.3) is 0 Å². The van der Waals surface area contributed by atoms with E-state index in [0.29, 0.717) is 5.76 Å². The van der Waals surface area contributed by atoms with Gasteiger partial charge < -0.3 is 9.52 Å². The first-order valence-electron chi connectivity index (χ1n) is 6.68.